The number of hydrogen-bond donors (Lipinski definition) is 3. The van der Waals surface area contributed by atoms with Crippen LogP contribution in [0.5, 0.6) is 17.2 Å². The van der Waals surface area contributed by atoms with Crippen LogP contribution in [0.1, 0.15) is 102 Å². The zero-order valence-corrected chi connectivity index (χ0v) is 36.4. The van der Waals surface area contributed by atoms with Gasteiger partial charge in [0.15, 0.2) is 28.8 Å². The molecular formula is C47H50F4N4O10. The summed E-state index contributed by atoms with van der Waals surface area (Å²) in [4.78, 5) is 72.2. The Bertz CT molecular complexity index is 2380. The molecule has 18 heteroatoms. The maximum atomic E-state index is 13.9. The molecule has 4 aromatic rings. The molecule has 0 aliphatic carbocycles. The molecule has 2 aliphatic rings. The first-order valence-electron chi connectivity index (χ1n) is 21.1. The van der Waals surface area contributed by atoms with Crippen molar-refractivity contribution in [1.29, 1.82) is 0 Å². The highest BCUT2D eigenvalue weighted by molar-refractivity contribution is 6.00. The summed E-state index contributed by atoms with van der Waals surface area (Å²) in [5.41, 5.74) is 5.56. The SMILES string of the molecule is CN(C)c1ccc2c(c1)Oc1cc(N(C)C)ccc1C21OC(=O)c2cc(C(=O)ONCCCCCCCCCCC(=O)NC(CC(=O)O)C(=O)COc3c(F)c(F)cc(F)c3F)ccc21. The number of ether oxygens (including phenoxy) is 3. The van der Waals surface area contributed by atoms with Crippen LogP contribution in [0, 0.1) is 23.3 Å². The summed E-state index contributed by atoms with van der Waals surface area (Å²) in [5.74, 6) is -12.0. The van der Waals surface area contributed by atoms with Gasteiger partial charge in [0.1, 0.15) is 24.1 Å². The van der Waals surface area contributed by atoms with Crippen LogP contribution < -0.4 is 30.1 Å². The smallest absolute Gasteiger partial charge is 0.356 e. The number of hydroxylamine groups is 1. The number of carboxylic acid groups (broad SMARTS) is 1. The Morgan fingerprint density at radius 3 is 1.86 bits per heavy atom. The van der Waals surface area contributed by atoms with Crippen LogP contribution in [-0.2, 0) is 29.6 Å². The lowest BCUT2D eigenvalue weighted by Crippen LogP contribution is -2.44. The fraction of sp³-hybridized carbons (Fsp3) is 0.383. The van der Waals surface area contributed by atoms with Crippen LogP contribution in [0.4, 0.5) is 28.9 Å². The minimum absolute atomic E-state index is 0.0161. The number of esters is 1. The molecule has 0 bridgehead atoms. The van der Waals surface area contributed by atoms with Crippen molar-refractivity contribution in [3.63, 3.8) is 0 Å². The molecule has 14 nitrogen and oxygen atoms in total. The summed E-state index contributed by atoms with van der Waals surface area (Å²) >= 11 is 0. The molecule has 6 rings (SSSR count). The van der Waals surface area contributed by atoms with E-state index in [0.29, 0.717) is 47.6 Å². The summed E-state index contributed by atoms with van der Waals surface area (Å²) in [7, 11) is 7.70. The lowest BCUT2D eigenvalue weighted by atomic mass is 9.77. The first-order valence-corrected chi connectivity index (χ1v) is 21.1. The Labute approximate surface area is 372 Å². The lowest BCUT2D eigenvalue weighted by Gasteiger charge is -2.37. The number of carbonyl (C=O) groups excluding carboxylic acids is 4. The monoisotopic (exact) mass is 906 g/mol. The topological polar surface area (TPSA) is 173 Å². The van der Waals surface area contributed by atoms with E-state index in [2.05, 4.69) is 15.5 Å². The number of amides is 1. The van der Waals surface area contributed by atoms with Crippen molar-refractivity contribution in [1.82, 2.24) is 10.8 Å². The number of anilines is 2. The van der Waals surface area contributed by atoms with Gasteiger partial charge in [0.05, 0.1) is 17.5 Å². The number of Topliss-reactive ketones (excluding diaryl/α,β-unsaturated/α-hetero) is 1. The second-order valence-corrected chi connectivity index (χ2v) is 16.2. The van der Waals surface area contributed by atoms with E-state index in [1.807, 2.05) is 74.4 Å². The Morgan fingerprint density at radius 1 is 0.738 bits per heavy atom. The second-order valence-electron chi connectivity index (χ2n) is 16.2. The van der Waals surface area contributed by atoms with Crippen LogP contribution in [0.25, 0.3) is 0 Å². The van der Waals surface area contributed by atoms with E-state index in [4.69, 9.17) is 14.3 Å². The van der Waals surface area contributed by atoms with E-state index in [1.165, 1.54) is 6.07 Å². The molecule has 1 atom stereocenters. The van der Waals surface area contributed by atoms with Crippen molar-refractivity contribution in [2.75, 3.05) is 51.1 Å². The lowest BCUT2D eigenvalue weighted by molar-refractivity contribution is -0.140. The largest absolute Gasteiger partial charge is 0.481 e. The van der Waals surface area contributed by atoms with Crippen LogP contribution in [-0.4, -0.2) is 82.1 Å². The summed E-state index contributed by atoms with van der Waals surface area (Å²) in [6.07, 6.45) is 5.37. The van der Waals surface area contributed by atoms with Gasteiger partial charge in [-0.05, 0) is 49.2 Å². The van der Waals surface area contributed by atoms with Gasteiger partial charge < -0.3 is 39.3 Å². The average Bonchev–Trinajstić information content (AvgIpc) is 3.56. The molecule has 65 heavy (non-hydrogen) atoms. The molecule has 346 valence electrons. The van der Waals surface area contributed by atoms with Crippen LogP contribution in [0.3, 0.4) is 0 Å². The third-order valence-corrected chi connectivity index (χ3v) is 11.2. The van der Waals surface area contributed by atoms with E-state index in [-0.39, 0.29) is 23.6 Å². The zero-order valence-electron chi connectivity index (χ0n) is 36.4. The highest BCUT2D eigenvalue weighted by Gasteiger charge is 2.54. The van der Waals surface area contributed by atoms with Crippen molar-refractivity contribution in [2.45, 2.75) is 75.9 Å². The number of fused-ring (bicyclic) bond motifs is 6. The van der Waals surface area contributed by atoms with Gasteiger partial charge >= 0.3 is 17.9 Å². The number of nitrogens with zero attached hydrogens (tertiary/aromatic N) is 2. The van der Waals surface area contributed by atoms with E-state index < -0.39 is 83.3 Å². The first-order chi connectivity index (χ1) is 31.0. The number of rotatable bonds is 22. The normalized spacial score (nSPS) is 13.4. The van der Waals surface area contributed by atoms with Crippen molar-refractivity contribution in [2.24, 2.45) is 0 Å². The summed E-state index contributed by atoms with van der Waals surface area (Å²) in [6, 6.07) is 14.7. The standard InChI is InChI=1S/C47H50F4N4O10/c1-54(2)28-15-18-32-38(22-28)63-39-23-29(55(3)4)16-19-33(39)47(32)31-17-14-27(21-30(31)46(61)64-47)45(60)65-52-20-12-10-8-6-5-7-9-11-13-40(57)53-36(25-41(58)59)37(56)26-62-44-42(50)34(48)24-35(49)43(44)51/h14-19,21-24,36,52H,5-13,20,25-26H2,1-4H3,(H,53,57)(H,58,59). The van der Waals surface area contributed by atoms with E-state index in [1.54, 1.807) is 12.1 Å². The van der Waals surface area contributed by atoms with Gasteiger partial charge in [0, 0.05) is 87.4 Å². The summed E-state index contributed by atoms with van der Waals surface area (Å²) < 4.78 is 72.0. The van der Waals surface area contributed by atoms with Gasteiger partial charge in [-0.3, -0.25) is 14.4 Å². The number of carbonyl (C=O) groups is 5. The molecule has 3 N–H and O–H groups in total. The predicted molar refractivity (Wildman–Crippen MR) is 229 cm³/mol. The number of ketones is 1. The first kappa shape index (κ1) is 47.8. The fourth-order valence-electron chi connectivity index (χ4n) is 7.72. The molecule has 1 amide bonds. The van der Waals surface area contributed by atoms with Gasteiger partial charge in [0.2, 0.25) is 17.5 Å². The molecule has 2 aliphatic heterocycles. The number of hydrogen-bond acceptors (Lipinski definition) is 12. The number of unbranched alkanes of at least 4 members (excludes halogenated alkanes) is 7. The molecule has 0 radical (unpaired) electrons. The fourth-order valence-corrected chi connectivity index (χ4v) is 7.72. The summed E-state index contributed by atoms with van der Waals surface area (Å²) in [5, 5.41) is 11.4. The van der Waals surface area contributed by atoms with Gasteiger partial charge in [-0.1, -0.05) is 44.6 Å². The number of carboxylic acids is 1. The Hall–Kier alpha value is -6.69. The van der Waals surface area contributed by atoms with Crippen LogP contribution in [0.2, 0.25) is 0 Å². The molecule has 0 aromatic heterocycles. The van der Waals surface area contributed by atoms with Gasteiger partial charge in [-0.25, -0.2) is 18.4 Å². The maximum Gasteiger partial charge on any atom is 0.356 e. The third-order valence-electron chi connectivity index (χ3n) is 11.2. The number of halogens is 4. The van der Waals surface area contributed by atoms with Gasteiger partial charge in [-0.15, -0.1) is 0 Å². The second kappa shape index (κ2) is 20.9. The number of nitrogens with one attached hydrogen (secondary N) is 2. The third kappa shape index (κ3) is 10.8. The zero-order chi connectivity index (χ0) is 47.0. The summed E-state index contributed by atoms with van der Waals surface area (Å²) in [6.45, 7) is -0.741. The molecule has 0 saturated carbocycles. The van der Waals surface area contributed by atoms with Crippen molar-refractivity contribution < 1.29 is 65.7 Å². The van der Waals surface area contributed by atoms with Crippen molar-refractivity contribution in [3.8, 4) is 17.2 Å². The average molecular weight is 907 g/mol. The van der Waals surface area contributed by atoms with E-state index in [0.717, 1.165) is 49.9 Å². The van der Waals surface area contributed by atoms with Gasteiger partial charge in [0.25, 0.3) is 0 Å². The molecule has 1 unspecified atom stereocenters. The molecule has 0 saturated heterocycles. The number of benzene rings is 4. The Morgan fingerprint density at radius 2 is 1.29 bits per heavy atom. The molecule has 1 spiro atoms. The molecule has 0 fully saturated rings. The molecular weight excluding hydrogens is 857 g/mol. The quantitative estimate of drug-likeness (QED) is 0.0230. The maximum absolute atomic E-state index is 13.9. The van der Waals surface area contributed by atoms with Crippen molar-refractivity contribution >= 4 is 41.0 Å². The highest BCUT2D eigenvalue weighted by atomic mass is 19.2. The molecule has 4 aromatic carbocycles. The van der Waals surface area contributed by atoms with Crippen molar-refractivity contribution in [3.05, 3.63) is 112 Å². The highest BCUT2D eigenvalue weighted by Crippen LogP contribution is 2.57. The van der Waals surface area contributed by atoms with Crippen LogP contribution in [0.15, 0.2) is 60.7 Å². The Balaban J connectivity index is 0.902. The van der Waals surface area contributed by atoms with Crippen LogP contribution >= 0.6 is 0 Å². The number of aliphatic carboxylic acids is 1. The minimum Gasteiger partial charge on any atom is -0.481 e. The molecule has 2 heterocycles. The minimum atomic E-state index is -1.86. The Kier molecular flexibility index (Phi) is 15.3. The van der Waals surface area contributed by atoms with E-state index in [9.17, 15) is 46.6 Å². The van der Waals surface area contributed by atoms with E-state index >= 15 is 0 Å². The van der Waals surface area contributed by atoms with Gasteiger partial charge in [-0.2, -0.15) is 14.3 Å². The predicted octanol–water partition coefficient (Wildman–Crippen LogP) is 7.72.